The van der Waals surface area contributed by atoms with Crippen molar-refractivity contribution >= 4 is 29.1 Å². The summed E-state index contributed by atoms with van der Waals surface area (Å²) in [5, 5.41) is 1.85. The molecule has 3 aromatic rings. The average Bonchev–Trinajstić information content (AvgIpc) is 2.71. The molecule has 0 aliphatic heterocycles. The van der Waals surface area contributed by atoms with E-state index in [0.29, 0.717) is 17.2 Å². The van der Waals surface area contributed by atoms with Gasteiger partial charge in [-0.25, -0.2) is 4.98 Å². The molecule has 3 rings (SSSR count). The zero-order chi connectivity index (χ0) is 22.8. The van der Waals surface area contributed by atoms with Crippen LogP contribution in [0.5, 0.6) is 0 Å². The van der Waals surface area contributed by atoms with Gasteiger partial charge in [-0.1, -0.05) is 47.5 Å². The molecular weight excluding hydrogens is 462 g/mol. The maximum atomic E-state index is 14.7. The zero-order valence-electron chi connectivity index (χ0n) is 15.5. The molecule has 162 valence electrons. The van der Waals surface area contributed by atoms with Gasteiger partial charge < -0.3 is 5.32 Å². The number of aromatic nitrogens is 1. The van der Waals surface area contributed by atoms with E-state index >= 15 is 0 Å². The van der Waals surface area contributed by atoms with Crippen LogP contribution in [-0.4, -0.2) is 17.4 Å². The summed E-state index contributed by atoms with van der Waals surface area (Å²) in [6.45, 7) is -1.24. The number of carbonyl (C=O) groups is 1. The van der Waals surface area contributed by atoms with Crippen LogP contribution >= 0.6 is 23.2 Å². The van der Waals surface area contributed by atoms with Crippen LogP contribution in [0.1, 0.15) is 21.5 Å². The molecule has 0 spiro atoms. The third-order valence-electron chi connectivity index (χ3n) is 4.37. The summed E-state index contributed by atoms with van der Waals surface area (Å²) in [6.07, 6.45) is -3.35. The van der Waals surface area contributed by atoms with Gasteiger partial charge in [-0.05, 0) is 35.9 Å². The van der Waals surface area contributed by atoms with Crippen molar-refractivity contribution in [2.75, 3.05) is 6.54 Å². The normalized spacial score (nSPS) is 12.0. The molecular formula is C21H13Cl2F5N2O. The second kappa shape index (κ2) is 8.80. The highest BCUT2D eigenvalue weighted by Crippen LogP contribution is 2.36. The number of amides is 1. The van der Waals surface area contributed by atoms with Crippen molar-refractivity contribution < 1.29 is 26.7 Å². The first kappa shape index (κ1) is 23.0. The first-order valence-electron chi connectivity index (χ1n) is 8.73. The van der Waals surface area contributed by atoms with E-state index in [1.165, 1.54) is 30.5 Å². The van der Waals surface area contributed by atoms with Gasteiger partial charge in [-0.2, -0.15) is 22.0 Å². The summed E-state index contributed by atoms with van der Waals surface area (Å²) in [6, 6.07) is 10.9. The van der Waals surface area contributed by atoms with E-state index in [0.717, 1.165) is 18.2 Å². The lowest BCUT2D eigenvalue weighted by molar-refractivity contribution is -0.137. The number of nitrogens with zero attached hydrogens (tertiary/aromatic N) is 1. The van der Waals surface area contributed by atoms with Gasteiger partial charge in [0.1, 0.15) is 5.15 Å². The Balaban J connectivity index is 1.78. The number of carbonyl (C=O) groups excluding carboxylic acids is 1. The lowest BCUT2D eigenvalue weighted by Gasteiger charge is -2.20. The van der Waals surface area contributed by atoms with E-state index in [-0.39, 0.29) is 10.2 Å². The zero-order valence-corrected chi connectivity index (χ0v) is 17.0. The molecule has 10 heteroatoms. The SMILES string of the molecule is O=C(NCC(F)(F)c1ccc(-c2ccc(Cl)nc2)cc1Cl)c1ccccc1C(F)(F)F. The number of nitrogens with one attached hydrogen (secondary N) is 1. The topological polar surface area (TPSA) is 42.0 Å². The van der Waals surface area contributed by atoms with Gasteiger partial charge >= 0.3 is 6.18 Å². The quantitative estimate of drug-likeness (QED) is 0.334. The Morgan fingerprint density at radius 3 is 2.19 bits per heavy atom. The molecule has 0 radical (unpaired) electrons. The maximum absolute atomic E-state index is 14.7. The lowest BCUT2D eigenvalue weighted by Crippen LogP contribution is -2.36. The minimum Gasteiger partial charge on any atom is -0.346 e. The van der Waals surface area contributed by atoms with Gasteiger partial charge in [0, 0.05) is 17.3 Å². The van der Waals surface area contributed by atoms with Crippen molar-refractivity contribution in [2.45, 2.75) is 12.1 Å². The van der Waals surface area contributed by atoms with Gasteiger partial charge in [0.2, 0.25) is 0 Å². The van der Waals surface area contributed by atoms with Crippen molar-refractivity contribution in [3.05, 3.63) is 87.7 Å². The molecule has 2 aromatic carbocycles. The van der Waals surface area contributed by atoms with Gasteiger partial charge in [0.25, 0.3) is 11.8 Å². The highest BCUT2D eigenvalue weighted by atomic mass is 35.5. The van der Waals surface area contributed by atoms with Crippen molar-refractivity contribution in [3.8, 4) is 11.1 Å². The van der Waals surface area contributed by atoms with Crippen molar-refractivity contribution in [3.63, 3.8) is 0 Å². The first-order valence-corrected chi connectivity index (χ1v) is 9.49. The Morgan fingerprint density at radius 2 is 1.58 bits per heavy atom. The number of hydrogen-bond donors (Lipinski definition) is 1. The Kier molecular flexibility index (Phi) is 6.52. The van der Waals surface area contributed by atoms with Gasteiger partial charge in [0.15, 0.2) is 0 Å². The first-order chi connectivity index (χ1) is 14.5. The molecule has 0 saturated carbocycles. The monoisotopic (exact) mass is 474 g/mol. The number of benzene rings is 2. The summed E-state index contributed by atoms with van der Waals surface area (Å²) < 4.78 is 68.5. The molecule has 0 unspecified atom stereocenters. The van der Waals surface area contributed by atoms with E-state index in [2.05, 4.69) is 4.98 Å². The molecule has 0 bridgehead atoms. The van der Waals surface area contributed by atoms with Crippen LogP contribution in [-0.2, 0) is 12.1 Å². The number of alkyl halides is 5. The minimum absolute atomic E-state index is 0.265. The van der Waals surface area contributed by atoms with Crippen LogP contribution in [0.3, 0.4) is 0 Å². The van der Waals surface area contributed by atoms with Gasteiger partial charge in [-0.3, -0.25) is 4.79 Å². The maximum Gasteiger partial charge on any atom is 0.417 e. The second-order valence-corrected chi connectivity index (χ2v) is 7.29. The fourth-order valence-corrected chi connectivity index (χ4v) is 3.28. The van der Waals surface area contributed by atoms with Crippen molar-refractivity contribution in [2.24, 2.45) is 0 Å². The van der Waals surface area contributed by atoms with E-state index in [9.17, 15) is 26.7 Å². The summed E-state index contributed by atoms with van der Waals surface area (Å²) in [5.41, 5.74) is -1.43. The summed E-state index contributed by atoms with van der Waals surface area (Å²) in [7, 11) is 0. The minimum atomic E-state index is -4.80. The predicted molar refractivity (Wildman–Crippen MR) is 107 cm³/mol. The van der Waals surface area contributed by atoms with E-state index in [1.54, 1.807) is 6.07 Å². The Hall–Kier alpha value is -2.71. The van der Waals surface area contributed by atoms with E-state index in [4.69, 9.17) is 23.2 Å². The number of rotatable bonds is 5. The highest BCUT2D eigenvalue weighted by molar-refractivity contribution is 6.31. The number of halogens is 7. The van der Waals surface area contributed by atoms with E-state index < -0.39 is 41.2 Å². The van der Waals surface area contributed by atoms with Crippen LogP contribution in [0.2, 0.25) is 10.2 Å². The average molecular weight is 475 g/mol. The van der Waals surface area contributed by atoms with Crippen LogP contribution in [0.4, 0.5) is 22.0 Å². The fourth-order valence-electron chi connectivity index (χ4n) is 2.85. The summed E-state index contributed by atoms with van der Waals surface area (Å²) in [4.78, 5) is 16.1. The standard InChI is InChI=1S/C21H13Cl2F5N2O/c22-17-9-12(13-6-8-18(23)29-10-13)5-7-16(17)20(24,25)11-30-19(31)14-3-1-2-4-15(14)21(26,27)28/h1-10H,11H2,(H,30,31). The van der Waals surface area contributed by atoms with Crippen molar-refractivity contribution in [1.29, 1.82) is 0 Å². The summed E-state index contributed by atoms with van der Waals surface area (Å²) >= 11 is 11.7. The molecule has 1 N–H and O–H groups in total. The molecule has 0 aliphatic carbocycles. The van der Waals surface area contributed by atoms with Crippen LogP contribution < -0.4 is 5.32 Å². The Labute approximate surface area is 183 Å². The van der Waals surface area contributed by atoms with Crippen LogP contribution in [0.15, 0.2) is 60.8 Å². The van der Waals surface area contributed by atoms with Gasteiger partial charge in [0.05, 0.1) is 22.7 Å². The molecule has 1 heterocycles. The van der Waals surface area contributed by atoms with Crippen LogP contribution in [0, 0.1) is 0 Å². The van der Waals surface area contributed by atoms with Crippen LogP contribution in [0.25, 0.3) is 11.1 Å². The number of hydrogen-bond acceptors (Lipinski definition) is 2. The molecule has 0 aliphatic rings. The third-order valence-corrected chi connectivity index (χ3v) is 4.91. The summed E-state index contributed by atoms with van der Waals surface area (Å²) in [5.74, 6) is -4.90. The Morgan fingerprint density at radius 1 is 0.903 bits per heavy atom. The predicted octanol–water partition coefficient (Wildman–Crippen LogP) is 6.60. The molecule has 3 nitrogen and oxygen atoms in total. The fraction of sp³-hybridized carbons (Fsp3) is 0.143. The molecule has 31 heavy (non-hydrogen) atoms. The highest BCUT2D eigenvalue weighted by Gasteiger charge is 2.37. The molecule has 0 atom stereocenters. The third kappa shape index (κ3) is 5.32. The Bertz CT molecular complexity index is 1100. The largest absolute Gasteiger partial charge is 0.417 e. The smallest absolute Gasteiger partial charge is 0.346 e. The second-order valence-electron chi connectivity index (χ2n) is 6.49. The number of pyridine rings is 1. The van der Waals surface area contributed by atoms with Gasteiger partial charge in [-0.15, -0.1) is 0 Å². The molecule has 0 fully saturated rings. The lowest BCUT2D eigenvalue weighted by atomic mass is 10.0. The van der Waals surface area contributed by atoms with E-state index in [1.807, 2.05) is 5.32 Å². The molecule has 1 amide bonds. The molecule has 1 aromatic heterocycles. The van der Waals surface area contributed by atoms with Crippen molar-refractivity contribution in [1.82, 2.24) is 10.3 Å². The molecule has 0 saturated heterocycles.